The van der Waals surface area contributed by atoms with E-state index in [9.17, 15) is 0 Å². The fourth-order valence-corrected chi connectivity index (χ4v) is 2.01. The van der Waals surface area contributed by atoms with Crippen molar-refractivity contribution in [2.75, 3.05) is 0 Å². The first kappa shape index (κ1) is 9.90. The maximum absolute atomic E-state index is 8.76. The molecule has 0 amide bonds. The third-order valence-corrected chi connectivity index (χ3v) is 2.95. The van der Waals surface area contributed by atoms with Gasteiger partial charge in [-0.2, -0.15) is 0 Å². The first-order valence-corrected chi connectivity index (χ1v) is 5.40. The second-order valence-electron chi connectivity index (χ2n) is 3.99. The van der Waals surface area contributed by atoms with Crippen LogP contribution in [0.5, 0.6) is 0 Å². The van der Waals surface area contributed by atoms with Crippen LogP contribution in [0.1, 0.15) is 12.5 Å². The maximum Gasteiger partial charge on any atom is 0.136 e. The highest BCUT2D eigenvalue weighted by Gasteiger charge is 2.07. The lowest BCUT2D eigenvalue weighted by Crippen LogP contribution is -1.92. The average Bonchev–Trinajstić information content (AvgIpc) is 2.75. The second kappa shape index (κ2) is 3.63. The van der Waals surface area contributed by atoms with E-state index in [1.54, 1.807) is 6.92 Å². The van der Waals surface area contributed by atoms with Crippen molar-refractivity contribution in [2.24, 2.45) is 5.16 Å². The van der Waals surface area contributed by atoms with Crippen molar-refractivity contribution in [3.63, 3.8) is 0 Å². The summed E-state index contributed by atoms with van der Waals surface area (Å²) in [5.41, 5.74) is 3.12. The molecule has 1 aromatic heterocycles. The van der Waals surface area contributed by atoms with Gasteiger partial charge >= 0.3 is 0 Å². The van der Waals surface area contributed by atoms with Crippen molar-refractivity contribution in [3.05, 3.63) is 48.0 Å². The lowest BCUT2D eigenvalue weighted by atomic mass is 10.1. The van der Waals surface area contributed by atoms with Gasteiger partial charge in [0.2, 0.25) is 0 Å². The molecular weight excluding hydrogens is 214 g/mol. The zero-order chi connectivity index (χ0) is 11.8. The van der Waals surface area contributed by atoms with E-state index < -0.39 is 0 Å². The molecule has 3 rings (SSSR count). The number of nitrogens with zero attached hydrogens (tertiary/aromatic N) is 1. The van der Waals surface area contributed by atoms with Gasteiger partial charge in [-0.1, -0.05) is 29.4 Å². The van der Waals surface area contributed by atoms with E-state index in [0.29, 0.717) is 5.71 Å². The minimum absolute atomic E-state index is 0.576. The van der Waals surface area contributed by atoms with Crippen LogP contribution in [0.15, 0.2) is 52.0 Å². The summed E-state index contributed by atoms with van der Waals surface area (Å²) in [7, 11) is 0. The number of benzene rings is 2. The molecule has 0 atom stereocenters. The van der Waals surface area contributed by atoms with Crippen molar-refractivity contribution < 1.29 is 9.62 Å². The Morgan fingerprint density at radius 1 is 1.06 bits per heavy atom. The summed E-state index contributed by atoms with van der Waals surface area (Å²) < 4.78 is 5.75. The Labute approximate surface area is 98.0 Å². The van der Waals surface area contributed by atoms with Gasteiger partial charge in [-0.3, -0.25) is 0 Å². The predicted octanol–water partition coefficient (Wildman–Crippen LogP) is 3.78. The monoisotopic (exact) mass is 225 g/mol. The number of rotatable bonds is 1. The average molecular weight is 225 g/mol. The first-order valence-electron chi connectivity index (χ1n) is 5.40. The van der Waals surface area contributed by atoms with E-state index in [2.05, 4.69) is 5.16 Å². The SMILES string of the molecule is CC(=NO)c1ccc2c(c1)oc1ccccc12. The van der Waals surface area contributed by atoms with Gasteiger partial charge in [0, 0.05) is 16.3 Å². The van der Waals surface area contributed by atoms with Gasteiger partial charge < -0.3 is 9.62 Å². The summed E-state index contributed by atoms with van der Waals surface area (Å²) in [5.74, 6) is 0. The highest BCUT2D eigenvalue weighted by molar-refractivity contribution is 6.08. The Hall–Kier alpha value is -2.29. The topological polar surface area (TPSA) is 45.7 Å². The zero-order valence-corrected chi connectivity index (χ0v) is 9.34. The van der Waals surface area contributed by atoms with Gasteiger partial charge in [0.1, 0.15) is 11.2 Å². The Kier molecular flexibility index (Phi) is 2.11. The molecule has 0 radical (unpaired) electrons. The number of para-hydroxylation sites is 1. The highest BCUT2D eigenvalue weighted by atomic mass is 16.4. The lowest BCUT2D eigenvalue weighted by Gasteiger charge is -1.97. The molecule has 1 N–H and O–H groups in total. The lowest BCUT2D eigenvalue weighted by molar-refractivity contribution is 0.319. The Morgan fingerprint density at radius 3 is 2.65 bits per heavy atom. The van der Waals surface area contributed by atoms with E-state index >= 15 is 0 Å². The van der Waals surface area contributed by atoms with Gasteiger partial charge in [-0.25, -0.2) is 0 Å². The van der Waals surface area contributed by atoms with E-state index in [4.69, 9.17) is 9.62 Å². The summed E-state index contributed by atoms with van der Waals surface area (Å²) in [5, 5.41) is 14.1. The van der Waals surface area contributed by atoms with Crippen molar-refractivity contribution in [3.8, 4) is 0 Å². The molecule has 84 valence electrons. The quantitative estimate of drug-likeness (QED) is 0.389. The van der Waals surface area contributed by atoms with Gasteiger partial charge in [0.05, 0.1) is 5.71 Å². The van der Waals surface area contributed by atoms with Crippen LogP contribution in [-0.2, 0) is 0 Å². The van der Waals surface area contributed by atoms with Gasteiger partial charge in [-0.15, -0.1) is 0 Å². The van der Waals surface area contributed by atoms with E-state index in [1.165, 1.54) is 0 Å². The molecule has 0 bridgehead atoms. The van der Waals surface area contributed by atoms with E-state index in [0.717, 1.165) is 27.5 Å². The molecule has 17 heavy (non-hydrogen) atoms. The second-order valence-corrected chi connectivity index (χ2v) is 3.99. The standard InChI is InChI=1S/C14H11NO2/c1-9(15-16)10-6-7-12-11-4-2-3-5-13(11)17-14(12)8-10/h2-8,16H,1H3. The maximum atomic E-state index is 8.76. The minimum atomic E-state index is 0.576. The van der Waals surface area contributed by atoms with Gasteiger partial charge in [0.25, 0.3) is 0 Å². The molecule has 0 fully saturated rings. The number of hydrogen-bond acceptors (Lipinski definition) is 3. The summed E-state index contributed by atoms with van der Waals surface area (Å²) in [6.45, 7) is 1.75. The van der Waals surface area contributed by atoms with Crippen LogP contribution in [0, 0.1) is 0 Å². The fraction of sp³-hybridized carbons (Fsp3) is 0.0714. The van der Waals surface area contributed by atoms with Crippen LogP contribution in [-0.4, -0.2) is 10.9 Å². The molecule has 0 aliphatic carbocycles. The molecule has 3 nitrogen and oxygen atoms in total. The summed E-state index contributed by atoms with van der Waals surface area (Å²) in [6.07, 6.45) is 0. The third-order valence-electron chi connectivity index (χ3n) is 2.95. The summed E-state index contributed by atoms with van der Waals surface area (Å²) in [6, 6.07) is 13.7. The zero-order valence-electron chi connectivity index (χ0n) is 9.34. The molecule has 2 aromatic carbocycles. The number of furan rings is 1. The third kappa shape index (κ3) is 1.47. The van der Waals surface area contributed by atoms with Crippen LogP contribution in [0.25, 0.3) is 21.9 Å². The van der Waals surface area contributed by atoms with Gasteiger partial charge in [-0.05, 0) is 25.1 Å². The van der Waals surface area contributed by atoms with Crippen molar-refractivity contribution in [2.45, 2.75) is 6.92 Å². The molecule has 0 saturated heterocycles. The fourth-order valence-electron chi connectivity index (χ4n) is 2.01. The molecule has 1 heterocycles. The number of fused-ring (bicyclic) bond motifs is 3. The van der Waals surface area contributed by atoms with Crippen LogP contribution in [0.2, 0.25) is 0 Å². The Bertz CT molecular complexity index is 725. The van der Waals surface area contributed by atoms with Crippen LogP contribution < -0.4 is 0 Å². The Balaban J connectivity index is 2.34. The Morgan fingerprint density at radius 2 is 1.82 bits per heavy atom. The van der Waals surface area contributed by atoms with Gasteiger partial charge in [0.15, 0.2) is 0 Å². The molecule has 0 aliphatic heterocycles. The predicted molar refractivity (Wildman–Crippen MR) is 67.7 cm³/mol. The van der Waals surface area contributed by atoms with Crippen LogP contribution in [0.4, 0.5) is 0 Å². The molecule has 0 saturated carbocycles. The molecule has 0 aliphatic rings. The molecule has 0 spiro atoms. The molecule has 3 heteroatoms. The molecule has 3 aromatic rings. The van der Waals surface area contributed by atoms with Crippen molar-refractivity contribution in [1.29, 1.82) is 0 Å². The summed E-state index contributed by atoms with van der Waals surface area (Å²) >= 11 is 0. The van der Waals surface area contributed by atoms with Crippen molar-refractivity contribution in [1.82, 2.24) is 0 Å². The normalized spacial score (nSPS) is 12.4. The summed E-state index contributed by atoms with van der Waals surface area (Å²) in [4.78, 5) is 0. The molecular formula is C14H11NO2. The van der Waals surface area contributed by atoms with Crippen LogP contribution >= 0.6 is 0 Å². The number of hydrogen-bond donors (Lipinski definition) is 1. The largest absolute Gasteiger partial charge is 0.456 e. The first-order chi connectivity index (χ1) is 8.29. The number of oxime groups is 1. The van der Waals surface area contributed by atoms with E-state index in [-0.39, 0.29) is 0 Å². The molecule has 0 unspecified atom stereocenters. The highest BCUT2D eigenvalue weighted by Crippen LogP contribution is 2.29. The van der Waals surface area contributed by atoms with Crippen molar-refractivity contribution >= 4 is 27.7 Å². The van der Waals surface area contributed by atoms with Crippen LogP contribution in [0.3, 0.4) is 0 Å². The van der Waals surface area contributed by atoms with E-state index in [1.807, 2.05) is 42.5 Å². The smallest absolute Gasteiger partial charge is 0.136 e. The minimum Gasteiger partial charge on any atom is -0.456 e.